The highest BCUT2D eigenvalue weighted by molar-refractivity contribution is 5.78. The van der Waals surface area contributed by atoms with E-state index in [2.05, 4.69) is 68.3 Å². The number of rotatable bonds is 13. The summed E-state index contributed by atoms with van der Waals surface area (Å²) in [6, 6.07) is 22.8. The molecule has 4 aromatic rings. The summed E-state index contributed by atoms with van der Waals surface area (Å²) in [6.45, 7) is 2.50. The van der Waals surface area contributed by atoms with E-state index in [1.807, 2.05) is 43.0 Å². The van der Waals surface area contributed by atoms with Crippen LogP contribution in [0.4, 0.5) is 0 Å². The number of hydrogen-bond acceptors (Lipinski definition) is 6. The number of fused-ring (bicyclic) bond motifs is 1. The number of pyridine rings is 2. The molecule has 1 aliphatic rings. The van der Waals surface area contributed by atoms with Crippen LogP contribution in [0.3, 0.4) is 0 Å². The number of carbonyl (C=O) groups is 1. The predicted octanol–water partition coefficient (Wildman–Crippen LogP) is 5.51. The van der Waals surface area contributed by atoms with Crippen molar-refractivity contribution in [1.82, 2.24) is 19.8 Å². The van der Waals surface area contributed by atoms with Gasteiger partial charge in [-0.15, -0.1) is 0 Å². The molecule has 0 N–H and O–H groups in total. The Hall–Kier alpha value is -4.23. The third-order valence-electron chi connectivity index (χ3n) is 8.14. The Bertz CT molecular complexity index is 1370. The quantitative estimate of drug-likeness (QED) is 0.213. The van der Waals surface area contributed by atoms with Crippen molar-refractivity contribution in [3.8, 4) is 11.5 Å². The zero-order chi connectivity index (χ0) is 29.1. The maximum absolute atomic E-state index is 14.2. The SMILES string of the molecule is COc1cc2c(cc1OC)CN(CC(=O)N(Cc1ccccc1)C(CCc1ccncc1)CCc1ccncc1)CC2. The second-order valence-corrected chi connectivity index (χ2v) is 10.9. The van der Waals surface area contributed by atoms with Gasteiger partial charge in [0.1, 0.15) is 0 Å². The molecule has 5 rings (SSSR count). The maximum Gasteiger partial charge on any atom is 0.237 e. The fourth-order valence-corrected chi connectivity index (χ4v) is 5.78. The molecule has 2 aromatic carbocycles. The van der Waals surface area contributed by atoms with E-state index in [1.165, 1.54) is 22.3 Å². The predicted molar refractivity (Wildman–Crippen MR) is 164 cm³/mol. The Morgan fingerprint density at radius 3 is 1.95 bits per heavy atom. The molecule has 1 amide bonds. The fraction of sp³-hybridized carbons (Fsp3) is 0.343. The van der Waals surface area contributed by atoms with Crippen molar-refractivity contribution in [2.45, 2.75) is 51.2 Å². The lowest BCUT2D eigenvalue weighted by Gasteiger charge is -2.36. The summed E-state index contributed by atoms with van der Waals surface area (Å²) in [4.78, 5) is 27.0. The molecule has 0 saturated carbocycles. The highest BCUT2D eigenvalue weighted by Crippen LogP contribution is 2.33. The molecule has 0 radical (unpaired) electrons. The lowest BCUT2D eigenvalue weighted by atomic mass is 9.97. The summed E-state index contributed by atoms with van der Waals surface area (Å²) in [5, 5.41) is 0. The van der Waals surface area contributed by atoms with Crippen LogP contribution in [0.1, 0.15) is 40.7 Å². The van der Waals surface area contributed by atoms with Crippen molar-refractivity contribution in [3.63, 3.8) is 0 Å². The molecule has 0 bridgehead atoms. The van der Waals surface area contributed by atoms with Gasteiger partial charge >= 0.3 is 0 Å². The van der Waals surface area contributed by atoms with Crippen molar-refractivity contribution >= 4 is 5.91 Å². The number of aromatic nitrogens is 2. The Balaban J connectivity index is 1.36. The van der Waals surface area contributed by atoms with Crippen molar-refractivity contribution in [3.05, 3.63) is 119 Å². The summed E-state index contributed by atoms with van der Waals surface area (Å²) < 4.78 is 11.1. The molecule has 3 heterocycles. The molecular formula is C35H40N4O3. The van der Waals surface area contributed by atoms with Crippen LogP contribution < -0.4 is 9.47 Å². The smallest absolute Gasteiger partial charge is 0.237 e. The first-order valence-electron chi connectivity index (χ1n) is 14.7. The first-order chi connectivity index (χ1) is 20.6. The molecule has 0 saturated heterocycles. The van der Waals surface area contributed by atoms with Gasteiger partial charge in [-0.05, 0) is 96.3 Å². The minimum atomic E-state index is 0.0838. The van der Waals surface area contributed by atoms with Gasteiger partial charge in [-0.25, -0.2) is 0 Å². The van der Waals surface area contributed by atoms with Gasteiger partial charge in [-0.2, -0.15) is 0 Å². The molecule has 0 spiro atoms. The molecule has 42 heavy (non-hydrogen) atoms. The number of methoxy groups -OCH3 is 2. The van der Waals surface area contributed by atoms with E-state index in [4.69, 9.17) is 9.47 Å². The van der Waals surface area contributed by atoms with Crippen molar-refractivity contribution in [1.29, 1.82) is 0 Å². The van der Waals surface area contributed by atoms with Crippen LogP contribution in [0, 0.1) is 0 Å². The van der Waals surface area contributed by atoms with Gasteiger partial charge in [-0.3, -0.25) is 19.7 Å². The van der Waals surface area contributed by atoms with Crippen LogP contribution in [0.5, 0.6) is 11.5 Å². The average molecular weight is 565 g/mol. The van der Waals surface area contributed by atoms with Crippen molar-refractivity contribution in [2.75, 3.05) is 27.3 Å². The number of benzene rings is 2. The van der Waals surface area contributed by atoms with Crippen molar-refractivity contribution < 1.29 is 14.3 Å². The van der Waals surface area contributed by atoms with Crippen LogP contribution >= 0.6 is 0 Å². The lowest BCUT2D eigenvalue weighted by molar-refractivity contribution is -0.136. The number of nitrogens with zero attached hydrogens (tertiary/aromatic N) is 4. The first-order valence-corrected chi connectivity index (χ1v) is 14.7. The summed E-state index contributed by atoms with van der Waals surface area (Å²) in [6.07, 6.45) is 11.8. The van der Waals surface area contributed by atoms with Crippen molar-refractivity contribution in [2.24, 2.45) is 0 Å². The number of ether oxygens (including phenoxy) is 2. The minimum absolute atomic E-state index is 0.0838. The van der Waals surface area contributed by atoms with Gasteiger partial charge < -0.3 is 14.4 Å². The molecule has 1 aliphatic heterocycles. The van der Waals surface area contributed by atoms with Crippen LogP contribution in [0.2, 0.25) is 0 Å². The Morgan fingerprint density at radius 1 is 0.810 bits per heavy atom. The topological polar surface area (TPSA) is 67.8 Å². The zero-order valence-electron chi connectivity index (χ0n) is 24.6. The number of aryl methyl sites for hydroxylation is 2. The van der Waals surface area contributed by atoms with E-state index < -0.39 is 0 Å². The number of hydrogen-bond donors (Lipinski definition) is 0. The normalized spacial score (nSPS) is 13.0. The summed E-state index contributed by atoms with van der Waals surface area (Å²) in [5.74, 6) is 1.64. The van der Waals surface area contributed by atoms with Crippen LogP contribution in [-0.4, -0.2) is 59.0 Å². The molecule has 2 aromatic heterocycles. The summed E-state index contributed by atoms with van der Waals surface area (Å²) in [7, 11) is 3.33. The van der Waals surface area contributed by atoms with E-state index in [0.717, 1.165) is 55.7 Å². The number of carbonyl (C=O) groups excluding carboxylic acids is 1. The third kappa shape index (κ3) is 7.74. The van der Waals surface area contributed by atoms with Crippen LogP contribution in [0.15, 0.2) is 91.5 Å². The standard InChI is InChI=1S/C35H40N4O3/c1-41-33-22-30-16-21-38(25-31(30)23-34(33)42-2)26-35(40)39(24-29-6-4-3-5-7-29)32(10-8-27-12-17-36-18-13-27)11-9-28-14-19-37-20-15-28/h3-7,12-15,17-20,22-23,32H,8-11,16,21,24-26H2,1-2H3. The van der Waals surface area contributed by atoms with E-state index in [0.29, 0.717) is 19.6 Å². The third-order valence-corrected chi connectivity index (χ3v) is 8.14. The Kier molecular flexibility index (Phi) is 10.2. The summed E-state index contributed by atoms with van der Waals surface area (Å²) in [5.41, 5.74) is 6.06. The maximum atomic E-state index is 14.2. The van der Waals surface area contributed by atoms with E-state index >= 15 is 0 Å². The van der Waals surface area contributed by atoms with E-state index in [-0.39, 0.29) is 11.9 Å². The molecule has 218 valence electrons. The van der Waals surface area contributed by atoms with Gasteiger partial charge in [0.15, 0.2) is 11.5 Å². The number of amides is 1. The molecule has 7 nitrogen and oxygen atoms in total. The Morgan fingerprint density at radius 2 is 1.38 bits per heavy atom. The van der Waals surface area contributed by atoms with Crippen LogP contribution in [0.25, 0.3) is 0 Å². The van der Waals surface area contributed by atoms with Gasteiger partial charge in [-0.1, -0.05) is 30.3 Å². The zero-order valence-corrected chi connectivity index (χ0v) is 24.6. The van der Waals surface area contributed by atoms with Gasteiger partial charge in [0, 0.05) is 50.5 Å². The molecular weight excluding hydrogens is 524 g/mol. The second-order valence-electron chi connectivity index (χ2n) is 10.9. The highest BCUT2D eigenvalue weighted by atomic mass is 16.5. The molecule has 0 unspecified atom stereocenters. The van der Waals surface area contributed by atoms with Gasteiger partial charge in [0.05, 0.1) is 20.8 Å². The van der Waals surface area contributed by atoms with Gasteiger partial charge in [0.2, 0.25) is 5.91 Å². The lowest BCUT2D eigenvalue weighted by Crippen LogP contribution is -2.46. The van der Waals surface area contributed by atoms with Gasteiger partial charge in [0.25, 0.3) is 0 Å². The fourth-order valence-electron chi connectivity index (χ4n) is 5.78. The largest absolute Gasteiger partial charge is 0.493 e. The average Bonchev–Trinajstić information content (AvgIpc) is 3.04. The van der Waals surface area contributed by atoms with E-state index in [1.54, 1.807) is 14.2 Å². The first kappa shape index (κ1) is 29.3. The van der Waals surface area contributed by atoms with Crippen LogP contribution in [-0.2, 0) is 37.1 Å². The monoisotopic (exact) mass is 564 g/mol. The Labute approximate surface area is 249 Å². The second kappa shape index (κ2) is 14.6. The summed E-state index contributed by atoms with van der Waals surface area (Å²) >= 11 is 0. The minimum Gasteiger partial charge on any atom is -0.493 e. The van der Waals surface area contributed by atoms with E-state index in [9.17, 15) is 4.79 Å². The molecule has 7 heteroatoms. The molecule has 0 aliphatic carbocycles. The highest BCUT2D eigenvalue weighted by Gasteiger charge is 2.27. The molecule has 0 atom stereocenters. The molecule has 0 fully saturated rings.